The van der Waals surface area contributed by atoms with Gasteiger partial charge >= 0.3 is 5.97 Å². The summed E-state index contributed by atoms with van der Waals surface area (Å²) in [5, 5.41) is 21.0. The number of phenolic OH excluding ortho intramolecular Hbond substituents is 1. The molecule has 23 heavy (non-hydrogen) atoms. The van der Waals surface area contributed by atoms with Gasteiger partial charge in [-0.3, -0.25) is 4.79 Å². The molecule has 0 fully saturated rings. The van der Waals surface area contributed by atoms with E-state index in [0.29, 0.717) is 0 Å². The summed E-state index contributed by atoms with van der Waals surface area (Å²) in [6, 6.07) is 12.1. The third kappa shape index (κ3) is 5.82. The zero-order valence-electron chi connectivity index (χ0n) is 13.8. The highest BCUT2D eigenvalue weighted by atomic mass is 16.4. The molecule has 1 amide bonds. The molecule has 0 aliphatic carbocycles. The summed E-state index contributed by atoms with van der Waals surface area (Å²) in [7, 11) is 0. The number of carboxylic acid groups (broad SMARTS) is 1. The molecule has 0 aliphatic heterocycles. The van der Waals surface area contributed by atoms with Crippen molar-refractivity contribution in [1.29, 1.82) is 0 Å². The number of hydrogen-bond donors (Lipinski definition) is 3. The number of hydrogen-bond acceptors (Lipinski definition) is 3. The van der Waals surface area contributed by atoms with E-state index in [9.17, 15) is 14.7 Å². The molecule has 0 saturated carbocycles. The highest BCUT2D eigenvalue weighted by Crippen LogP contribution is 2.22. The Morgan fingerprint density at radius 3 is 1.83 bits per heavy atom. The highest BCUT2D eigenvalue weighted by molar-refractivity contribution is 6.11. The smallest absolute Gasteiger partial charge is 0.336 e. The lowest BCUT2D eigenvalue weighted by Gasteiger charge is -2.08. The van der Waals surface area contributed by atoms with Crippen LogP contribution in [0, 0.1) is 0 Å². The summed E-state index contributed by atoms with van der Waals surface area (Å²) in [5.74, 6) is -1.84. The molecule has 2 rings (SSSR count). The maximum absolute atomic E-state index is 12.0. The van der Waals surface area contributed by atoms with Crippen molar-refractivity contribution in [2.75, 3.05) is 5.32 Å². The minimum atomic E-state index is -1.18. The van der Waals surface area contributed by atoms with Crippen LogP contribution < -0.4 is 5.32 Å². The van der Waals surface area contributed by atoms with Crippen molar-refractivity contribution >= 4 is 17.6 Å². The number of nitrogens with one attached hydrogen (secondary N) is 1. The minimum absolute atomic E-state index is 0.0400. The van der Waals surface area contributed by atoms with E-state index in [0.717, 1.165) is 0 Å². The Labute approximate surface area is 136 Å². The SMILES string of the molecule is CC.CC.O=C(O)c1ccccc1C(=O)Nc1ccccc1O. The molecule has 0 aliphatic rings. The van der Waals surface area contributed by atoms with Gasteiger partial charge in [0, 0.05) is 0 Å². The molecule has 0 spiro atoms. The van der Waals surface area contributed by atoms with Crippen molar-refractivity contribution in [2.45, 2.75) is 27.7 Å². The maximum Gasteiger partial charge on any atom is 0.336 e. The van der Waals surface area contributed by atoms with Crippen molar-refractivity contribution in [1.82, 2.24) is 0 Å². The molecule has 0 bridgehead atoms. The van der Waals surface area contributed by atoms with Gasteiger partial charge in [0.15, 0.2) is 0 Å². The average Bonchev–Trinajstić information content (AvgIpc) is 2.60. The van der Waals surface area contributed by atoms with Crippen LogP contribution >= 0.6 is 0 Å². The Morgan fingerprint density at radius 1 is 0.826 bits per heavy atom. The van der Waals surface area contributed by atoms with Gasteiger partial charge in [-0.05, 0) is 24.3 Å². The van der Waals surface area contributed by atoms with E-state index in [1.807, 2.05) is 27.7 Å². The fraction of sp³-hybridized carbons (Fsp3) is 0.222. The van der Waals surface area contributed by atoms with Crippen LogP contribution in [0.2, 0.25) is 0 Å². The van der Waals surface area contributed by atoms with Gasteiger partial charge in [0.25, 0.3) is 5.91 Å². The molecule has 0 aromatic heterocycles. The molecule has 0 heterocycles. The van der Waals surface area contributed by atoms with E-state index < -0.39 is 11.9 Å². The van der Waals surface area contributed by atoms with Gasteiger partial charge in [0.05, 0.1) is 16.8 Å². The monoisotopic (exact) mass is 317 g/mol. The van der Waals surface area contributed by atoms with E-state index in [-0.39, 0.29) is 22.6 Å². The predicted octanol–water partition coefficient (Wildman–Crippen LogP) is 4.40. The molecule has 0 radical (unpaired) electrons. The standard InChI is InChI=1S/C14H11NO4.2C2H6/c16-12-8-4-3-7-11(12)15-13(17)9-5-1-2-6-10(9)14(18)19;2*1-2/h1-8,16H,(H,15,17)(H,18,19);2*1-2H3. The number of amides is 1. The van der Waals surface area contributed by atoms with Crippen molar-refractivity contribution in [3.63, 3.8) is 0 Å². The molecule has 2 aromatic carbocycles. The van der Waals surface area contributed by atoms with Crippen LogP contribution in [0.15, 0.2) is 48.5 Å². The Balaban J connectivity index is 0.00000112. The Morgan fingerprint density at radius 2 is 1.30 bits per heavy atom. The van der Waals surface area contributed by atoms with Crippen LogP contribution in [0.3, 0.4) is 0 Å². The number of carbonyl (C=O) groups is 2. The summed E-state index contributed by atoms with van der Waals surface area (Å²) in [4.78, 5) is 23.0. The van der Waals surface area contributed by atoms with Gasteiger partial charge in [-0.2, -0.15) is 0 Å². The largest absolute Gasteiger partial charge is 0.506 e. The fourth-order valence-electron chi connectivity index (χ4n) is 1.64. The van der Waals surface area contributed by atoms with E-state index >= 15 is 0 Å². The maximum atomic E-state index is 12.0. The predicted molar refractivity (Wildman–Crippen MR) is 92.2 cm³/mol. The van der Waals surface area contributed by atoms with Crippen LogP contribution in [-0.4, -0.2) is 22.1 Å². The minimum Gasteiger partial charge on any atom is -0.506 e. The summed E-state index contributed by atoms with van der Waals surface area (Å²) >= 11 is 0. The molecular weight excluding hydrogens is 294 g/mol. The Kier molecular flexibility index (Phi) is 9.51. The van der Waals surface area contributed by atoms with E-state index in [2.05, 4.69) is 5.32 Å². The fourth-order valence-corrected chi connectivity index (χ4v) is 1.64. The van der Waals surface area contributed by atoms with E-state index in [1.165, 1.54) is 24.3 Å². The summed E-state index contributed by atoms with van der Waals surface area (Å²) in [6.07, 6.45) is 0. The first kappa shape index (κ1) is 20.2. The molecule has 3 N–H and O–H groups in total. The summed E-state index contributed by atoms with van der Waals surface area (Å²) in [6.45, 7) is 8.00. The van der Waals surface area contributed by atoms with Crippen LogP contribution in [0.25, 0.3) is 0 Å². The quantitative estimate of drug-likeness (QED) is 0.732. The molecule has 2 aromatic rings. The summed E-state index contributed by atoms with van der Waals surface area (Å²) in [5.41, 5.74) is 0.182. The highest BCUT2D eigenvalue weighted by Gasteiger charge is 2.16. The van der Waals surface area contributed by atoms with Gasteiger partial charge < -0.3 is 15.5 Å². The van der Waals surface area contributed by atoms with Crippen molar-refractivity contribution in [2.24, 2.45) is 0 Å². The first-order chi connectivity index (χ1) is 11.1. The van der Waals surface area contributed by atoms with Gasteiger partial charge in [-0.25, -0.2) is 4.79 Å². The second-order valence-corrected chi connectivity index (χ2v) is 3.82. The van der Waals surface area contributed by atoms with Crippen molar-refractivity contribution in [3.8, 4) is 5.75 Å². The molecule has 0 atom stereocenters. The third-order valence-electron chi connectivity index (χ3n) is 2.55. The average molecular weight is 317 g/mol. The Hall–Kier alpha value is -2.82. The number of aromatic hydroxyl groups is 1. The number of rotatable bonds is 3. The number of aromatic carboxylic acids is 1. The number of carboxylic acids is 1. The summed E-state index contributed by atoms with van der Waals surface area (Å²) < 4.78 is 0. The molecule has 5 nitrogen and oxygen atoms in total. The first-order valence-electron chi connectivity index (χ1n) is 7.51. The number of anilines is 1. The second-order valence-electron chi connectivity index (χ2n) is 3.82. The molecule has 124 valence electrons. The van der Waals surface area contributed by atoms with Crippen molar-refractivity contribution in [3.05, 3.63) is 59.7 Å². The lowest BCUT2D eigenvalue weighted by atomic mass is 10.1. The molecular formula is C18H23NO4. The van der Waals surface area contributed by atoms with Gasteiger partial charge in [0.2, 0.25) is 0 Å². The van der Waals surface area contributed by atoms with E-state index in [1.54, 1.807) is 24.3 Å². The third-order valence-corrected chi connectivity index (χ3v) is 2.55. The normalized spacial score (nSPS) is 8.70. The number of phenols is 1. The molecule has 5 heteroatoms. The Bertz CT molecular complexity index is 638. The van der Waals surface area contributed by atoms with Gasteiger partial charge in [-0.15, -0.1) is 0 Å². The molecule has 0 saturated heterocycles. The first-order valence-corrected chi connectivity index (χ1v) is 7.51. The molecule has 0 unspecified atom stereocenters. The van der Waals surface area contributed by atoms with Crippen molar-refractivity contribution < 1.29 is 19.8 Å². The number of para-hydroxylation sites is 2. The van der Waals surface area contributed by atoms with Crippen LogP contribution in [0.4, 0.5) is 5.69 Å². The lowest BCUT2D eigenvalue weighted by molar-refractivity contribution is 0.0692. The topological polar surface area (TPSA) is 86.6 Å². The number of carbonyl (C=O) groups excluding carboxylic acids is 1. The second kappa shape index (κ2) is 10.8. The zero-order chi connectivity index (χ0) is 17.8. The van der Waals surface area contributed by atoms with Crippen LogP contribution in [-0.2, 0) is 0 Å². The lowest BCUT2D eigenvalue weighted by Crippen LogP contribution is -2.16. The van der Waals surface area contributed by atoms with Crippen LogP contribution in [0.5, 0.6) is 5.75 Å². The van der Waals surface area contributed by atoms with Gasteiger partial charge in [-0.1, -0.05) is 52.0 Å². The number of benzene rings is 2. The zero-order valence-corrected chi connectivity index (χ0v) is 13.8. The van der Waals surface area contributed by atoms with Gasteiger partial charge in [0.1, 0.15) is 5.75 Å². The van der Waals surface area contributed by atoms with E-state index in [4.69, 9.17) is 5.11 Å². The van der Waals surface area contributed by atoms with Crippen LogP contribution in [0.1, 0.15) is 48.4 Å².